The highest BCUT2D eigenvalue weighted by Gasteiger charge is 2.34. The lowest BCUT2D eigenvalue weighted by molar-refractivity contribution is 0.131. The van der Waals surface area contributed by atoms with E-state index in [1.54, 1.807) is 12.3 Å². The standard InChI is InChI=1S/C12H18N2O2/c1-12(2)4-3-10(14-12)11(16)8-5-9(15)7-13-6-8/h5-7,10-11,14-16H,3-4H2,1-2H3/t10-,11?/m1/s1. The second-order valence-corrected chi connectivity index (χ2v) is 5.09. The van der Waals surface area contributed by atoms with Crippen molar-refractivity contribution in [2.24, 2.45) is 0 Å². The van der Waals surface area contributed by atoms with Crippen molar-refractivity contribution < 1.29 is 10.2 Å². The summed E-state index contributed by atoms with van der Waals surface area (Å²) in [5, 5.41) is 22.9. The Labute approximate surface area is 95.3 Å². The normalized spacial score (nSPS) is 25.6. The molecule has 0 aromatic carbocycles. The summed E-state index contributed by atoms with van der Waals surface area (Å²) in [6.07, 6.45) is 4.33. The van der Waals surface area contributed by atoms with Crippen LogP contribution in [-0.4, -0.2) is 26.8 Å². The Hall–Kier alpha value is -1.13. The van der Waals surface area contributed by atoms with Crippen LogP contribution in [0.5, 0.6) is 5.75 Å². The lowest BCUT2D eigenvalue weighted by Crippen LogP contribution is -2.40. The highest BCUT2D eigenvalue weighted by Crippen LogP contribution is 2.30. The number of aromatic nitrogens is 1. The zero-order valence-corrected chi connectivity index (χ0v) is 9.64. The molecule has 16 heavy (non-hydrogen) atoms. The largest absolute Gasteiger partial charge is 0.506 e. The van der Waals surface area contributed by atoms with Crippen molar-refractivity contribution in [1.82, 2.24) is 10.3 Å². The van der Waals surface area contributed by atoms with Gasteiger partial charge in [0, 0.05) is 23.3 Å². The Bertz CT molecular complexity index is 379. The Morgan fingerprint density at radius 3 is 2.81 bits per heavy atom. The smallest absolute Gasteiger partial charge is 0.134 e. The predicted octanol–water partition coefficient (Wildman–Crippen LogP) is 1.35. The van der Waals surface area contributed by atoms with E-state index >= 15 is 0 Å². The fraction of sp³-hybridized carbons (Fsp3) is 0.583. The van der Waals surface area contributed by atoms with Crippen LogP contribution in [0.3, 0.4) is 0 Å². The summed E-state index contributed by atoms with van der Waals surface area (Å²) in [6, 6.07) is 1.60. The molecule has 0 aliphatic carbocycles. The maximum Gasteiger partial charge on any atom is 0.134 e. The van der Waals surface area contributed by atoms with Crippen molar-refractivity contribution >= 4 is 0 Å². The molecule has 2 heterocycles. The number of pyridine rings is 1. The fourth-order valence-corrected chi connectivity index (χ4v) is 2.24. The Balaban J connectivity index is 2.11. The second kappa shape index (κ2) is 4.03. The number of nitrogens with one attached hydrogen (secondary N) is 1. The van der Waals surface area contributed by atoms with Gasteiger partial charge in [0.15, 0.2) is 0 Å². The quantitative estimate of drug-likeness (QED) is 0.706. The molecular weight excluding hydrogens is 204 g/mol. The Morgan fingerprint density at radius 1 is 1.50 bits per heavy atom. The third-order valence-corrected chi connectivity index (χ3v) is 3.12. The number of aliphatic hydroxyl groups excluding tert-OH is 1. The highest BCUT2D eigenvalue weighted by molar-refractivity contribution is 5.25. The third-order valence-electron chi connectivity index (χ3n) is 3.12. The minimum atomic E-state index is -0.610. The van der Waals surface area contributed by atoms with Crippen LogP contribution in [0.15, 0.2) is 18.5 Å². The first-order chi connectivity index (χ1) is 7.48. The fourth-order valence-electron chi connectivity index (χ4n) is 2.24. The van der Waals surface area contributed by atoms with Crippen molar-refractivity contribution in [3.8, 4) is 5.75 Å². The number of aliphatic hydroxyl groups is 1. The molecule has 1 aromatic rings. The van der Waals surface area contributed by atoms with Crippen LogP contribution in [0.2, 0.25) is 0 Å². The van der Waals surface area contributed by atoms with Crippen LogP contribution < -0.4 is 5.32 Å². The average Bonchev–Trinajstić information content (AvgIpc) is 2.58. The SMILES string of the molecule is CC1(C)CC[C@H](C(O)c2cncc(O)c2)N1. The molecular formula is C12H18N2O2. The lowest BCUT2D eigenvalue weighted by atomic mass is 10.0. The van der Waals surface area contributed by atoms with Crippen molar-refractivity contribution in [2.45, 2.75) is 44.4 Å². The molecule has 1 aliphatic heterocycles. The van der Waals surface area contributed by atoms with Gasteiger partial charge in [-0.05, 0) is 32.8 Å². The zero-order chi connectivity index (χ0) is 11.8. The van der Waals surface area contributed by atoms with Gasteiger partial charge in [0.05, 0.1) is 12.3 Å². The van der Waals surface area contributed by atoms with Crippen LogP contribution in [0.1, 0.15) is 38.4 Å². The number of hydrogen-bond acceptors (Lipinski definition) is 4. The van der Waals surface area contributed by atoms with E-state index in [2.05, 4.69) is 24.1 Å². The highest BCUT2D eigenvalue weighted by atomic mass is 16.3. The lowest BCUT2D eigenvalue weighted by Gasteiger charge is -2.23. The molecule has 88 valence electrons. The van der Waals surface area contributed by atoms with Gasteiger partial charge in [-0.1, -0.05) is 0 Å². The maximum atomic E-state index is 10.2. The van der Waals surface area contributed by atoms with Crippen molar-refractivity contribution in [2.75, 3.05) is 0 Å². The molecule has 1 aromatic heterocycles. The summed E-state index contributed by atoms with van der Waals surface area (Å²) in [5.41, 5.74) is 0.741. The van der Waals surface area contributed by atoms with E-state index in [0.29, 0.717) is 5.56 Å². The van der Waals surface area contributed by atoms with E-state index in [4.69, 9.17) is 0 Å². The van der Waals surface area contributed by atoms with E-state index in [0.717, 1.165) is 12.8 Å². The van der Waals surface area contributed by atoms with Crippen LogP contribution in [-0.2, 0) is 0 Å². The molecule has 0 spiro atoms. The molecule has 3 N–H and O–H groups in total. The average molecular weight is 222 g/mol. The van der Waals surface area contributed by atoms with E-state index in [-0.39, 0.29) is 17.3 Å². The topological polar surface area (TPSA) is 65.4 Å². The minimum Gasteiger partial charge on any atom is -0.506 e. The first-order valence-corrected chi connectivity index (χ1v) is 5.58. The van der Waals surface area contributed by atoms with E-state index in [1.807, 2.05) is 0 Å². The molecule has 1 fully saturated rings. The van der Waals surface area contributed by atoms with Gasteiger partial charge >= 0.3 is 0 Å². The summed E-state index contributed by atoms with van der Waals surface area (Å²) in [7, 11) is 0. The number of nitrogens with zero attached hydrogens (tertiary/aromatic N) is 1. The monoisotopic (exact) mass is 222 g/mol. The molecule has 0 radical (unpaired) electrons. The van der Waals surface area contributed by atoms with Gasteiger partial charge in [0.1, 0.15) is 5.75 Å². The van der Waals surface area contributed by atoms with Gasteiger partial charge in [0.25, 0.3) is 0 Å². The van der Waals surface area contributed by atoms with Gasteiger partial charge in [-0.25, -0.2) is 0 Å². The van der Waals surface area contributed by atoms with Gasteiger partial charge in [-0.2, -0.15) is 0 Å². The first-order valence-electron chi connectivity index (χ1n) is 5.58. The molecule has 1 aliphatic rings. The predicted molar refractivity (Wildman–Crippen MR) is 61.1 cm³/mol. The molecule has 0 saturated carbocycles. The molecule has 0 bridgehead atoms. The van der Waals surface area contributed by atoms with Crippen LogP contribution in [0.25, 0.3) is 0 Å². The van der Waals surface area contributed by atoms with Crippen LogP contribution in [0.4, 0.5) is 0 Å². The van der Waals surface area contributed by atoms with E-state index in [9.17, 15) is 10.2 Å². The van der Waals surface area contributed by atoms with Crippen molar-refractivity contribution in [1.29, 1.82) is 0 Å². The molecule has 2 rings (SSSR count). The molecule has 4 nitrogen and oxygen atoms in total. The first kappa shape index (κ1) is 11.4. The Kier molecular flexibility index (Phi) is 2.86. The van der Waals surface area contributed by atoms with E-state index < -0.39 is 6.10 Å². The molecule has 1 saturated heterocycles. The van der Waals surface area contributed by atoms with Crippen molar-refractivity contribution in [3.05, 3.63) is 24.0 Å². The maximum absolute atomic E-state index is 10.2. The van der Waals surface area contributed by atoms with Gasteiger partial charge in [0.2, 0.25) is 0 Å². The van der Waals surface area contributed by atoms with Gasteiger partial charge < -0.3 is 15.5 Å². The van der Waals surface area contributed by atoms with Gasteiger partial charge in [-0.15, -0.1) is 0 Å². The second-order valence-electron chi connectivity index (χ2n) is 5.09. The van der Waals surface area contributed by atoms with E-state index in [1.165, 1.54) is 6.20 Å². The van der Waals surface area contributed by atoms with Crippen molar-refractivity contribution in [3.63, 3.8) is 0 Å². The Morgan fingerprint density at radius 2 is 2.25 bits per heavy atom. The third kappa shape index (κ3) is 2.33. The summed E-state index contributed by atoms with van der Waals surface area (Å²) in [5.74, 6) is 0.0915. The molecule has 1 unspecified atom stereocenters. The molecule has 4 heteroatoms. The zero-order valence-electron chi connectivity index (χ0n) is 9.64. The number of aromatic hydroxyl groups is 1. The van der Waals surface area contributed by atoms with Gasteiger partial charge in [-0.3, -0.25) is 4.98 Å². The van der Waals surface area contributed by atoms with Crippen LogP contribution >= 0.6 is 0 Å². The summed E-state index contributed by atoms with van der Waals surface area (Å²) >= 11 is 0. The summed E-state index contributed by atoms with van der Waals surface area (Å²) in [4.78, 5) is 3.88. The molecule has 2 atom stereocenters. The molecule has 0 amide bonds. The summed E-state index contributed by atoms with van der Waals surface area (Å²) < 4.78 is 0. The number of hydrogen-bond donors (Lipinski definition) is 3. The summed E-state index contributed by atoms with van der Waals surface area (Å²) in [6.45, 7) is 4.25. The van der Waals surface area contributed by atoms with Crippen LogP contribution in [0, 0.1) is 0 Å². The minimum absolute atomic E-state index is 0.0404. The number of rotatable bonds is 2.